The second kappa shape index (κ2) is 4.65. The van der Waals surface area contributed by atoms with E-state index >= 15 is 0 Å². The highest BCUT2D eigenvalue weighted by Crippen LogP contribution is 2.49. The van der Waals surface area contributed by atoms with Crippen LogP contribution in [0.1, 0.15) is 44.9 Å². The zero-order valence-corrected chi connectivity index (χ0v) is 9.43. The lowest BCUT2D eigenvalue weighted by atomic mass is 9.85. The summed E-state index contributed by atoms with van der Waals surface area (Å²) in [5, 5.41) is 0. The van der Waals surface area contributed by atoms with Crippen LogP contribution in [0.25, 0.3) is 0 Å². The summed E-state index contributed by atoms with van der Waals surface area (Å²) in [5.74, 6) is 3.66. The number of hydrogen-bond donors (Lipinski definition) is 0. The molecule has 3 atom stereocenters. The smallest absolute Gasteiger partial charge is 0.133 e. The topological polar surface area (TPSA) is 17.1 Å². The highest BCUT2D eigenvalue weighted by Gasteiger charge is 2.39. The lowest BCUT2D eigenvalue weighted by Crippen LogP contribution is -2.15. The Labute approximate surface area is 91.2 Å². The van der Waals surface area contributed by atoms with Gasteiger partial charge in [-0.3, -0.25) is 4.79 Å². The van der Waals surface area contributed by atoms with E-state index in [2.05, 4.69) is 0 Å². The predicted molar refractivity (Wildman–Crippen MR) is 58.5 cm³/mol. The molecule has 1 nitrogen and oxygen atoms in total. The molecule has 14 heavy (non-hydrogen) atoms. The van der Waals surface area contributed by atoms with Crippen LogP contribution in [0.4, 0.5) is 0 Å². The number of rotatable bonds is 5. The third-order valence-corrected chi connectivity index (χ3v) is 4.23. The van der Waals surface area contributed by atoms with E-state index in [1.54, 1.807) is 0 Å². The fourth-order valence-corrected chi connectivity index (χ4v) is 3.42. The van der Waals surface area contributed by atoms with Gasteiger partial charge in [-0.05, 0) is 43.4 Å². The van der Waals surface area contributed by atoms with Gasteiger partial charge >= 0.3 is 0 Å². The predicted octanol–water partition coefficient (Wildman–Crippen LogP) is 3.40. The lowest BCUT2D eigenvalue weighted by molar-refractivity contribution is -0.120. The molecule has 0 radical (unpaired) electrons. The zero-order valence-electron chi connectivity index (χ0n) is 8.68. The van der Waals surface area contributed by atoms with Gasteiger partial charge in [-0.25, -0.2) is 0 Å². The van der Waals surface area contributed by atoms with Gasteiger partial charge < -0.3 is 0 Å². The van der Waals surface area contributed by atoms with Gasteiger partial charge in [0, 0.05) is 18.7 Å². The van der Waals surface area contributed by atoms with E-state index in [1.807, 2.05) is 0 Å². The van der Waals surface area contributed by atoms with Gasteiger partial charge in [0.1, 0.15) is 5.78 Å². The number of carbonyl (C=O) groups is 1. The third kappa shape index (κ3) is 2.31. The molecule has 0 aromatic rings. The lowest BCUT2D eigenvalue weighted by Gasteiger charge is -2.20. The van der Waals surface area contributed by atoms with Crippen LogP contribution in [-0.2, 0) is 4.79 Å². The van der Waals surface area contributed by atoms with E-state index in [1.165, 1.54) is 25.7 Å². The standard InChI is InChI=1S/C12H19ClO/c13-5-1-2-12(14)8-11-7-9-3-4-10(11)6-9/h9-11H,1-8H2. The molecular formula is C12H19ClO. The zero-order chi connectivity index (χ0) is 9.97. The number of ketones is 1. The minimum Gasteiger partial charge on any atom is -0.300 e. The van der Waals surface area contributed by atoms with Gasteiger partial charge in [-0.15, -0.1) is 11.6 Å². The van der Waals surface area contributed by atoms with Crippen molar-refractivity contribution < 1.29 is 4.79 Å². The van der Waals surface area contributed by atoms with Crippen molar-refractivity contribution in [1.82, 2.24) is 0 Å². The molecule has 2 rings (SSSR count). The van der Waals surface area contributed by atoms with Crippen molar-refractivity contribution in [2.45, 2.75) is 44.9 Å². The van der Waals surface area contributed by atoms with Gasteiger partial charge in [0.25, 0.3) is 0 Å². The fraction of sp³-hybridized carbons (Fsp3) is 0.917. The first-order valence-corrected chi connectivity index (χ1v) is 6.40. The van der Waals surface area contributed by atoms with Crippen molar-refractivity contribution >= 4 is 17.4 Å². The molecule has 0 aromatic carbocycles. The molecule has 0 amide bonds. The molecule has 2 bridgehead atoms. The Hall–Kier alpha value is -0.0400. The Kier molecular flexibility index (Phi) is 3.48. The van der Waals surface area contributed by atoms with Crippen LogP contribution in [0.3, 0.4) is 0 Å². The number of hydrogen-bond acceptors (Lipinski definition) is 1. The first-order valence-electron chi connectivity index (χ1n) is 5.87. The summed E-state index contributed by atoms with van der Waals surface area (Å²) in [6.07, 6.45) is 7.97. The number of carbonyl (C=O) groups excluding carboxylic acids is 1. The Morgan fingerprint density at radius 3 is 2.71 bits per heavy atom. The molecule has 2 aliphatic carbocycles. The summed E-state index contributed by atoms with van der Waals surface area (Å²) < 4.78 is 0. The third-order valence-electron chi connectivity index (χ3n) is 3.96. The Balaban J connectivity index is 1.73. The highest BCUT2D eigenvalue weighted by molar-refractivity contribution is 6.17. The van der Waals surface area contributed by atoms with Crippen LogP contribution in [0.15, 0.2) is 0 Å². The number of halogens is 1. The SMILES string of the molecule is O=C(CCCCl)CC1CC2CCC1C2. The monoisotopic (exact) mass is 214 g/mol. The van der Waals surface area contributed by atoms with E-state index in [4.69, 9.17) is 11.6 Å². The second-order valence-corrected chi connectivity index (χ2v) is 5.35. The summed E-state index contributed by atoms with van der Waals surface area (Å²) in [5.41, 5.74) is 0. The summed E-state index contributed by atoms with van der Waals surface area (Å²) >= 11 is 5.57. The van der Waals surface area contributed by atoms with Crippen LogP contribution in [0.2, 0.25) is 0 Å². The largest absolute Gasteiger partial charge is 0.300 e. The van der Waals surface area contributed by atoms with E-state index in [-0.39, 0.29) is 0 Å². The summed E-state index contributed by atoms with van der Waals surface area (Å²) in [4.78, 5) is 11.6. The summed E-state index contributed by atoms with van der Waals surface area (Å²) in [6, 6.07) is 0. The maximum Gasteiger partial charge on any atom is 0.133 e. The van der Waals surface area contributed by atoms with E-state index in [0.29, 0.717) is 18.1 Å². The molecule has 0 saturated heterocycles. The number of Topliss-reactive ketones (excluding diaryl/α,β-unsaturated/α-hetero) is 1. The molecule has 0 heterocycles. The van der Waals surface area contributed by atoms with Gasteiger partial charge in [0.05, 0.1) is 0 Å². The Morgan fingerprint density at radius 2 is 2.14 bits per heavy atom. The molecule has 2 fully saturated rings. The van der Waals surface area contributed by atoms with Crippen molar-refractivity contribution in [3.05, 3.63) is 0 Å². The molecule has 2 aliphatic rings. The number of alkyl halides is 1. The molecule has 2 heteroatoms. The summed E-state index contributed by atoms with van der Waals surface area (Å²) in [6.45, 7) is 0. The van der Waals surface area contributed by atoms with Gasteiger partial charge in [-0.2, -0.15) is 0 Å². The molecule has 3 unspecified atom stereocenters. The van der Waals surface area contributed by atoms with Crippen LogP contribution in [0.5, 0.6) is 0 Å². The average Bonchev–Trinajstić information content (AvgIpc) is 2.76. The maximum atomic E-state index is 11.6. The quantitative estimate of drug-likeness (QED) is 0.642. The minimum atomic E-state index is 0.447. The maximum absolute atomic E-state index is 11.6. The fourth-order valence-electron chi connectivity index (χ4n) is 3.28. The van der Waals surface area contributed by atoms with Crippen LogP contribution in [-0.4, -0.2) is 11.7 Å². The average molecular weight is 215 g/mol. The molecule has 0 N–H and O–H groups in total. The van der Waals surface area contributed by atoms with Gasteiger partial charge in [-0.1, -0.05) is 6.42 Å². The molecular weight excluding hydrogens is 196 g/mol. The van der Waals surface area contributed by atoms with Crippen molar-refractivity contribution in [1.29, 1.82) is 0 Å². The van der Waals surface area contributed by atoms with Crippen LogP contribution in [0, 0.1) is 17.8 Å². The van der Waals surface area contributed by atoms with Crippen molar-refractivity contribution in [3.8, 4) is 0 Å². The first kappa shape index (κ1) is 10.5. The summed E-state index contributed by atoms with van der Waals surface area (Å²) in [7, 11) is 0. The normalized spacial score (nSPS) is 35.1. The van der Waals surface area contributed by atoms with Crippen LogP contribution >= 0.6 is 11.6 Å². The Morgan fingerprint density at radius 1 is 1.29 bits per heavy atom. The Bertz CT molecular complexity index is 214. The van der Waals surface area contributed by atoms with Crippen LogP contribution < -0.4 is 0 Å². The van der Waals surface area contributed by atoms with Crippen molar-refractivity contribution in [3.63, 3.8) is 0 Å². The minimum absolute atomic E-state index is 0.447. The first-order chi connectivity index (χ1) is 6.79. The van der Waals surface area contributed by atoms with E-state index < -0.39 is 0 Å². The van der Waals surface area contributed by atoms with Crippen molar-refractivity contribution in [2.75, 3.05) is 5.88 Å². The molecule has 0 aliphatic heterocycles. The molecule has 0 spiro atoms. The molecule has 80 valence electrons. The van der Waals surface area contributed by atoms with Crippen molar-refractivity contribution in [2.24, 2.45) is 17.8 Å². The van der Waals surface area contributed by atoms with E-state index in [0.717, 1.165) is 30.6 Å². The van der Waals surface area contributed by atoms with Gasteiger partial charge in [0.15, 0.2) is 0 Å². The van der Waals surface area contributed by atoms with Gasteiger partial charge in [0.2, 0.25) is 0 Å². The molecule has 2 saturated carbocycles. The highest BCUT2D eigenvalue weighted by atomic mass is 35.5. The molecule has 0 aromatic heterocycles. The second-order valence-electron chi connectivity index (χ2n) is 4.97. The van der Waals surface area contributed by atoms with E-state index in [9.17, 15) is 4.79 Å². The number of fused-ring (bicyclic) bond motifs is 2.